The molecule has 1 aromatic carbocycles. The molecular formula is C18H20N4OS. The van der Waals surface area contributed by atoms with Crippen LogP contribution in [0.15, 0.2) is 29.3 Å². The zero-order chi connectivity index (χ0) is 17.7. The number of aryl methyl sites for hydroxylation is 3. The van der Waals surface area contributed by atoms with Gasteiger partial charge in [0.15, 0.2) is 0 Å². The topological polar surface area (TPSA) is 69.9 Å². The molecule has 124 valence electrons. The van der Waals surface area contributed by atoms with Crippen molar-refractivity contribution in [1.29, 1.82) is 5.26 Å². The summed E-state index contributed by atoms with van der Waals surface area (Å²) >= 11 is 1.29. The average Bonchev–Trinajstić information content (AvgIpc) is 2.54. The fourth-order valence-corrected chi connectivity index (χ4v) is 3.30. The lowest BCUT2D eigenvalue weighted by molar-refractivity contribution is -0.127. The number of nitrogens with zero attached hydrogens (tertiary/aromatic N) is 4. The predicted molar refractivity (Wildman–Crippen MR) is 94.6 cm³/mol. The normalized spacial score (nSPS) is 10.3. The number of benzene rings is 1. The average molecular weight is 340 g/mol. The van der Waals surface area contributed by atoms with Gasteiger partial charge in [-0.3, -0.25) is 4.79 Å². The van der Waals surface area contributed by atoms with E-state index in [1.54, 1.807) is 25.8 Å². The highest BCUT2D eigenvalue weighted by molar-refractivity contribution is 8.00. The minimum absolute atomic E-state index is 0.000983. The number of carbonyl (C=O) groups is 1. The number of nitriles is 1. The number of hydrogen-bond acceptors (Lipinski definition) is 5. The first kappa shape index (κ1) is 18.0. The van der Waals surface area contributed by atoms with E-state index >= 15 is 0 Å². The van der Waals surface area contributed by atoms with Crippen LogP contribution < -0.4 is 0 Å². The van der Waals surface area contributed by atoms with E-state index < -0.39 is 0 Å². The van der Waals surface area contributed by atoms with Crippen molar-refractivity contribution in [3.63, 3.8) is 0 Å². The first-order chi connectivity index (χ1) is 11.4. The van der Waals surface area contributed by atoms with Crippen LogP contribution in [0.25, 0.3) is 0 Å². The van der Waals surface area contributed by atoms with Crippen molar-refractivity contribution in [2.45, 2.75) is 32.3 Å². The molecule has 0 N–H and O–H groups in total. The summed E-state index contributed by atoms with van der Waals surface area (Å²) in [4.78, 5) is 22.6. The lowest BCUT2D eigenvalue weighted by Crippen LogP contribution is -2.28. The zero-order valence-electron chi connectivity index (χ0n) is 14.3. The van der Waals surface area contributed by atoms with Gasteiger partial charge in [-0.2, -0.15) is 5.26 Å². The van der Waals surface area contributed by atoms with Crippen LogP contribution in [0.5, 0.6) is 0 Å². The first-order valence-electron chi connectivity index (χ1n) is 7.59. The Kier molecular flexibility index (Phi) is 5.93. The van der Waals surface area contributed by atoms with Gasteiger partial charge in [-0.15, -0.1) is 0 Å². The summed E-state index contributed by atoms with van der Waals surface area (Å²) < 4.78 is 0. The maximum atomic E-state index is 12.4. The van der Waals surface area contributed by atoms with E-state index in [4.69, 9.17) is 0 Å². The van der Waals surface area contributed by atoms with Gasteiger partial charge in [-0.25, -0.2) is 9.97 Å². The van der Waals surface area contributed by atoms with Crippen LogP contribution in [-0.2, 0) is 11.3 Å². The van der Waals surface area contributed by atoms with Gasteiger partial charge in [-0.05, 0) is 31.9 Å². The molecule has 24 heavy (non-hydrogen) atoms. The van der Waals surface area contributed by atoms with Crippen LogP contribution in [0.3, 0.4) is 0 Å². The molecule has 2 aromatic rings. The highest BCUT2D eigenvalue weighted by Crippen LogP contribution is 2.22. The monoisotopic (exact) mass is 340 g/mol. The number of thioether (sulfide) groups is 1. The molecule has 0 aliphatic carbocycles. The Morgan fingerprint density at radius 2 is 1.96 bits per heavy atom. The van der Waals surface area contributed by atoms with Crippen molar-refractivity contribution in [3.05, 3.63) is 52.5 Å². The molecule has 0 fully saturated rings. The van der Waals surface area contributed by atoms with Gasteiger partial charge in [0.25, 0.3) is 0 Å². The second-order valence-electron chi connectivity index (χ2n) is 5.61. The minimum atomic E-state index is 0.000983. The van der Waals surface area contributed by atoms with Gasteiger partial charge in [-0.1, -0.05) is 36.0 Å². The predicted octanol–water partition coefficient (Wildman–Crippen LogP) is 3.02. The van der Waals surface area contributed by atoms with Crippen molar-refractivity contribution in [3.8, 4) is 6.07 Å². The first-order valence-corrected chi connectivity index (χ1v) is 8.57. The molecule has 1 amide bonds. The summed E-state index contributed by atoms with van der Waals surface area (Å²) in [6.07, 6.45) is 0. The van der Waals surface area contributed by atoms with E-state index in [0.717, 1.165) is 5.56 Å². The smallest absolute Gasteiger partial charge is 0.233 e. The summed E-state index contributed by atoms with van der Waals surface area (Å²) in [7, 11) is 1.79. The Labute approximate surface area is 146 Å². The fraction of sp³-hybridized carbons (Fsp3) is 0.333. The summed E-state index contributed by atoms with van der Waals surface area (Å²) in [6, 6.07) is 10.1. The van der Waals surface area contributed by atoms with Crippen LogP contribution in [0, 0.1) is 32.1 Å². The summed E-state index contributed by atoms with van der Waals surface area (Å²) in [5.74, 6) is 0.850. The van der Waals surface area contributed by atoms with Crippen molar-refractivity contribution in [2.75, 3.05) is 12.8 Å². The molecule has 0 aliphatic heterocycles. The Morgan fingerprint density at radius 3 is 2.62 bits per heavy atom. The standard InChI is InChI=1S/C18H20N4OS/c1-12-7-5-6-8-15(12)10-22(4)17(23)11-24-18-16(9-19)13(2)20-14(3)21-18/h5-8H,10-11H2,1-4H3. The van der Waals surface area contributed by atoms with E-state index in [1.807, 2.05) is 31.2 Å². The summed E-state index contributed by atoms with van der Waals surface area (Å²) in [6.45, 7) is 6.17. The van der Waals surface area contributed by atoms with Gasteiger partial charge >= 0.3 is 0 Å². The number of carbonyl (C=O) groups excluding carboxylic acids is 1. The molecule has 1 aromatic heterocycles. The Hall–Kier alpha value is -2.39. The summed E-state index contributed by atoms with van der Waals surface area (Å²) in [5.41, 5.74) is 3.39. The fourth-order valence-electron chi connectivity index (χ4n) is 2.29. The third-order valence-electron chi connectivity index (χ3n) is 3.71. The van der Waals surface area contributed by atoms with Gasteiger partial charge in [0.2, 0.25) is 5.91 Å². The van der Waals surface area contributed by atoms with Gasteiger partial charge in [0, 0.05) is 13.6 Å². The molecular weight excluding hydrogens is 320 g/mol. The molecule has 0 unspecified atom stereocenters. The van der Waals surface area contributed by atoms with E-state index in [2.05, 4.69) is 16.0 Å². The second-order valence-corrected chi connectivity index (χ2v) is 6.58. The highest BCUT2D eigenvalue weighted by Gasteiger charge is 2.15. The van der Waals surface area contributed by atoms with Crippen LogP contribution in [0.1, 0.15) is 28.2 Å². The maximum Gasteiger partial charge on any atom is 0.233 e. The van der Waals surface area contributed by atoms with Crippen molar-refractivity contribution in [2.24, 2.45) is 0 Å². The maximum absolute atomic E-state index is 12.4. The molecule has 1 heterocycles. The zero-order valence-corrected chi connectivity index (χ0v) is 15.1. The Balaban J connectivity index is 2.03. The molecule has 2 rings (SSSR count). The van der Waals surface area contributed by atoms with Gasteiger partial charge in [0.05, 0.1) is 11.4 Å². The highest BCUT2D eigenvalue weighted by atomic mass is 32.2. The lowest BCUT2D eigenvalue weighted by Gasteiger charge is -2.18. The van der Waals surface area contributed by atoms with Crippen LogP contribution in [-0.4, -0.2) is 33.6 Å². The van der Waals surface area contributed by atoms with Crippen LogP contribution in [0.2, 0.25) is 0 Å². The number of amides is 1. The molecule has 0 saturated heterocycles. The van der Waals surface area contributed by atoms with Crippen molar-refractivity contribution < 1.29 is 4.79 Å². The Morgan fingerprint density at radius 1 is 1.25 bits per heavy atom. The largest absolute Gasteiger partial charge is 0.341 e. The SMILES string of the molecule is Cc1nc(C)c(C#N)c(SCC(=O)N(C)Cc2ccccc2C)n1. The molecule has 5 nitrogen and oxygen atoms in total. The van der Waals surface area contributed by atoms with E-state index in [9.17, 15) is 10.1 Å². The van der Waals surface area contributed by atoms with Crippen molar-refractivity contribution >= 4 is 17.7 Å². The molecule has 0 atom stereocenters. The molecule has 0 radical (unpaired) electrons. The second kappa shape index (κ2) is 7.93. The minimum Gasteiger partial charge on any atom is -0.341 e. The lowest BCUT2D eigenvalue weighted by atomic mass is 10.1. The van der Waals surface area contributed by atoms with E-state index in [0.29, 0.717) is 28.7 Å². The Bertz CT molecular complexity index is 798. The van der Waals surface area contributed by atoms with E-state index in [-0.39, 0.29) is 11.7 Å². The number of aromatic nitrogens is 2. The molecule has 0 spiro atoms. The van der Waals surface area contributed by atoms with Crippen LogP contribution in [0.4, 0.5) is 0 Å². The molecule has 0 bridgehead atoms. The third-order valence-corrected chi connectivity index (χ3v) is 4.67. The van der Waals surface area contributed by atoms with Crippen molar-refractivity contribution in [1.82, 2.24) is 14.9 Å². The van der Waals surface area contributed by atoms with E-state index in [1.165, 1.54) is 17.3 Å². The summed E-state index contributed by atoms with van der Waals surface area (Å²) in [5, 5.41) is 9.82. The molecule has 0 saturated carbocycles. The number of hydrogen-bond donors (Lipinski definition) is 0. The molecule has 0 aliphatic rings. The quantitative estimate of drug-likeness (QED) is 0.618. The number of rotatable bonds is 5. The van der Waals surface area contributed by atoms with Gasteiger partial charge in [0.1, 0.15) is 22.5 Å². The van der Waals surface area contributed by atoms with Crippen LogP contribution >= 0.6 is 11.8 Å². The third kappa shape index (κ3) is 4.33. The molecule has 6 heteroatoms. The van der Waals surface area contributed by atoms with Gasteiger partial charge < -0.3 is 4.90 Å².